The van der Waals surface area contributed by atoms with Gasteiger partial charge in [-0.25, -0.2) is 4.68 Å². The number of aliphatic hydroxyl groups is 1. The zero-order valence-electron chi connectivity index (χ0n) is 14.2. The minimum absolute atomic E-state index is 0.260. The number of para-hydroxylation sites is 1. The van der Waals surface area contributed by atoms with Gasteiger partial charge in [0.15, 0.2) is 0 Å². The summed E-state index contributed by atoms with van der Waals surface area (Å²) < 4.78 is 1.84. The predicted molar refractivity (Wildman–Crippen MR) is 90.2 cm³/mol. The van der Waals surface area contributed by atoms with Crippen molar-refractivity contribution in [3.63, 3.8) is 0 Å². The van der Waals surface area contributed by atoms with Crippen LogP contribution in [0.15, 0.2) is 30.3 Å². The molecule has 2 aromatic rings. The summed E-state index contributed by atoms with van der Waals surface area (Å²) in [7, 11) is 0. The van der Waals surface area contributed by atoms with Gasteiger partial charge in [0.2, 0.25) is 0 Å². The second-order valence-corrected chi connectivity index (χ2v) is 6.14. The summed E-state index contributed by atoms with van der Waals surface area (Å²) in [6.07, 6.45) is -0.419. The molecule has 23 heavy (non-hydrogen) atoms. The van der Waals surface area contributed by atoms with Gasteiger partial charge < -0.3 is 5.11 Å². The Balaban J connectivity index is 2.46. The average molecular weight is 312 g/mol. The molecule has 1 heterocycles. The molecular formula is C18H24N4O. The molecule has 1 N–H and O–H groups in total. The topological polar surface area (TPSA) is 65.1 Å². The van der Waals surface area contributed by atoms with E-state index in [1.54, 1.807) is 6.92 Å². The van der Waals surface area contributed by atoms with Gasteiger partial charge in [-0.15, -0.1) is 0 Å². The lowest BCUT2D eigenvalue weighted by atomic mass is 10.1. The number of aryl methyl sites for hydroxylation is 1. The van der Waals surface area contributed by atoms with Crippen molar-refractivity contribution in [2.24, 2.45) is 0 Å². The molecule has 0 saturated carbocycles. The zero-order valence-corrected chi connectivity index (χ0v) is 14.2. The van der Waals surface area contributed by atoms with Crippen LogP contribution in [0.5, 0.6) is 0 Å². The van der Waals surface area contributed by atoms with Crippen LogP contribution >= 0.6 is 0 Å². The second kappa shape index (κ2) is 7.40. The maximum Gasteiger partial charge on any atom is 0.103 e. The molecule has 5 heteroatoms. The second-order valence-electron chi connectivity index (χ2n) is 6.14. The molecule has 0 aliphatic carbocycles. The Morgan fingerprint density at radius 1 is 1.26 bits per heavy atom. The summed E-state index contributed by atoms with van der Waals surface area (Å²) in [5, 5.41) is 23.8. The molecule has 0 spiro atoms. The molecule has 0 aliphatic rings. The normalized spacial score (nSPS) is 12.6. The average Bonchev–Trinajstić information content (AvgIpc) is 2.82. The summed E-state index contributed by atoms with van der Waals surface area (Å²) in [6, 6.07) is 12.4. The van der Waals surface area contributed by atoms with E-state index in [0.717, 1.165) is 17.1 Å². The zero-order chi connectivity index (χ0) is 17.0. The van der Waals surface area contributed by atoms with Crippen LogP contribution in [-0.2, 0) is 6.54 Å². The fraction of sp³-hybridized carbons (Fsp3) is 0.444. The smallest absolute Gasteiger partial charge is 0.103 e. The van der Waals surface area contributed by atoms with E-state index in [4.69, 9.17) is 0 Å². The number of hydrogen-bond acceptors (Lipinski definition) is 4. The van der Waals surface area contributed by atoms with Gasteiger partial charge >= 0.3 is 0 Å². The summed E-state index contributed by atoms with van der Waals surface area (Å²) in [4.78, 5) is 2.15. The van der Waals surface area contributed by atoms with Crippen LogP contribution in [0.3, 0.4) is 0 Å². The standard InChI is InChI=1S/C18H24N4O/c1-13(2)21(11-14(3)23)12-18-17(10-19)15(4)20-22(18)16-8-6-5-7-9-16/h5-9,13-14,23H,11-12H2,1-4H3. The van der Waals surface area contributed by atoms with Gasteiger partial charge in [0.1, 0.15) is 6.07 Å². The van der Waals surface area contributed by atoms with E-state index in [1.807, 2.05) is 41.9 Å². The van der Waals surface area contributed by atoms with Crippen molar-refractivity contribution in [1.29, 1.82) is 5.26 Å². The molecule has 0 amide bonds. The Morgan fingerprint density at radius 2 is 1.91 bits per heavy atom. The Morgan fingerprint density at radius 3 is 2.43 bits per heavy atom. The molecule has 0 aliphatic heterocycles. The molecule has 0 fully saturated rings. The van der Waals surface area contributed by atoms with Crippen molar-refractivity contribution < 1.29 is 5.11 Å². The number of benzene rings is 1. The van der Waals surface area contributed by atoms with Crippen LogP contribution in [0.1, 0.15) is 37.7 Å². The van der Waals surface area contributed by atoms with E-state index in [0.29, 0.717) is 18.7 Å². The maximum atomic E-state index is 9.74. The van der Waals surface area contributed by atoms with E-state index >= 15 is 0 Å². The van der Waals surface area contributed by atoms with Gasteiger partial charge in [0.25, 0.3) is 0 Å². The van der Waals surface area contributed by atoms with Crippen molar-refractivity contribution >= 4 is 0 Å². The summed E-state index contributed by atoms with van der Waals surface area (Å²) in [6.45, 7) is 8.94. The molecule has 1 unspecified atom stereocenters. The lowest BCUT2D eigenvalue weighted by molar-refractivity contribution is 0.101. The van der Waals surface area contributed by atoms with Gasteiger partial charge in [-0.1, -0.05) is 18.2 Å². The largest absolute Gasteiger partial charge is 0.392 e. The first-order valence-corrected chi connectivity index (χ1v) is 7.90. The van der Waals surface area contributed by atoms with E-state index in [-0.39, 0.29) is 6.04 Å². The van der Waals surface area contributed by atoms with Crippen molar-refractivity contribution in [2.75, 3.05) is 6.54 Å². The Bertz CT molecular complexity index is 683. The third-order valence-corrected chi connectivity index (χ3v) is 3.85. The Hall–Kier alpha value is -2.16. The molecule has 1 aromatic carbocycles. The number of nitriles is 1. The molecular weight excluding hydrogens is 288 g/mol. The van der Waals surface area contributed by atoms with Crippen molar-refractivity contribution in [1.82, 2.24) is 14.7 Å². The first-order chi connectivity index (χ1) is 10.9. The van der Waals surface area contributed by atoms with Gasteiger partial charge in [-0.2, -0.15) is 10.4 Å². The number of aromatic nitrogens is 2. The lowest BCUT2D eigenvalue weighted by Crippen LogP contribution is -2.36. The minimum Gasteiger partial charge on any atom is -0.392 e. The molecule has 2 rings (SSSR count). The Labute approximate surface area is 137 Å². The highest BCUT2D eigenvalue weighted by atomic mass is 16.3. The fourth-order valence-electron chi connectivity index (χ4n) is 2.64. The van der Waals surface area contributed by atoms with E-state index in [2.05, 4.69) is 29.9 Å². The summed E-state index contributed by atoms with van der Waals surface area (Å²) >= 11 is 0. The van der Waals surface area contributed by atoms with Gasteiger partial charge in [-0.05, 0) is 39.8 Å². The molecule has 0 radical (unpaired) electrons. The lowest BCUT2D eigenvalue weighted by Gasteiger charge is -2.28. The number of nitrogens with zero attached hydrogens (tertiary/aromatic N) is 4. The van der Waals surface area contributed by atoms with Crippen molar-refractivity contribution in [3.8, 4) is 11.8 Å². The van der Waals surface area contributed by atoms with Crippen LogP contribution in [-0.4, -0.2) is 38.5 Å². The molecule has 122 valence electrons. The molecule has 1 aromatic heterocycles. The van der Waals surface area contributed by atoms with Crippen LogP contribution < -0.4 is 0 Å². The molecule has 0 saturated heterocycles. The SMILES string of the molecule is Cc1nn(-c2ccccc2)c(CN(CC(C)O)C(C)C)c1C#N. The van der Waals surface area contributed by atoms with Crippen LogP contribution in [0, 0.1) is 18.3 Å². The van der Waals surface area contributed by atoms with E-state index in [1.165, 1.54) is 0 Å². The molecule has 1 atom stereocenters. The van der Waals surface area contributed by atoms with Gasteiger partial charge in [-0.3, -0.25) is 4.90 Å². The van der Waals surface area contributed by atoms with Crippen molar-refractivity contribution in [2.45, 2.75) is 46.4 Å². The summed E-state index contributed by atoms with van der Waals surface area (Å²) in [5.41, 5.74) is 3.15. The fourth-order valence-corrected chi connectivity index (χ4v) is 2.64. The first-order valence-electron chi connectivity index (χ1n) is 7.90. The quantitative estimate of drug-likeness (QED) is 0.890. The highest BCUT2D eigenvalue weighted by Crippen LogP contribution is 2.20. The Kier molecular flexibility index (Phi) is 5.54. The number of hydrogen-bond donors (Lipinski definition) is 1. The molecule has 0 bridgehead atoms. The highest BCUT2D eigenvalue weighted by Gasteiger charge is 2.21. The van der Waals surface area contributed by atoms with Gasteiger partial charge in [0.05, 0.1) is 28.7 Å². The van der Waals surface area contributed by atoms with Crippen LogP contribution in [0.2, 0.25) is 0 Å². The highest BCUT2D eigenvalue weighted by molar-refractivity contribution is 5.43. The van der Waals surface area contributed by atoms with E-state index < -0.39 is 6.10 Å². The van der Waals surface area contributed by atoms with Crippen LogP contribution in [0.4, 0.5) is 0 Å². The third-order valence-electron chi connectivity index (χ3n) is 3.85. The van der Waals surface area contributed by atoms with Gasteiger partial charge in [0, 0.05) is 19.1 Å². The number of aliphatic hydroxyl groups excluding tert-OH is 1. The first kappa shape index (κ1) is 17.2. The summed E-state index contributed by atoms with van der Waals surface area (Å²) in [5.74, 6) is 0. The predicted octanol–water partition coefficient (Wildman–Crippen LogP) is 2.64. The number of rotatable bonds is 6. The minimum atomic E-state index is -0.419. The third kappa shape index (κ3) is 3.98. The van der Waals surface area contributed by atoms with Crippen LogP contribution in [0.25, 0.3) is 5.69 Å². The van der Waals surface area contributed by atoms with E-state index in [9.17, 15) is 10.4 Å². The molecule has 5 nitrogen and oxygen atoms in total. The monoisotopic (exact) mass is 312 g/mol. The van der Waals surface area contributed by atoms with Crippen molar-refractivity contribution in [3.05, 3.63) is 47.3 Å². The maximum absolute atomic E-state index is 9.74.